The lowest BCUT2D eigenvalue weighted by atomic mass is 10.2. The van der Waals surface area contributed by atoms with Crippen LogP contribution in [0.1, 0.15) is 5.56 Å². The van der Waals surface area contributed by atoms with Crippen LogP contribution in [-0.2, 0) is 11.3 Å². The molecule has 1 unspecified atom stereocenters. The first-order valence-electron chi connectivity index (χ1n) is 7.76. The van der Waals surface area contributed by atoms with E-state index in [0.29, 0.717) is 24.7 Å². The Balaban J connectivity index is 1.60. The number of carbonyl (C=O) groups is 1. The lowest BCUT2D eigenvalue weighted by molar-refractivity contribution is 0.141. The number of hydrogen-bond donors (Lipinski definition) is 1. The Morgan fingerprint density at radius 2 is 2.08 bits per heavy atom. The number of nitrogens with one attached hydrogen (secondary N) is 1. The third-order valence-electron chi connectivity index (χ3n) is 3.75. The molecule has 126 valence electrons. The van der Waals surface area contributed by atoms with Crippen molar-refractivity contribution in [2.75, 3.05) is 25.0 Å². The number of rotatable bonds is 6. The number of amides is 1. The second-order valence-electron chi connectivity index (χ2n) is 5.59. The van der Waals surface area contributed by atoms with Crippen LogP contribution >= 0.6 is 11.6 Å². The molecule has 1 aliphatic rings. The van der Waals surface area contributed by atoms with E-state index in [-0.39, 0.29) is 12.2 Å². The van der Waals surface area contributed by atoms with Crippen LogP contribution in [0.4, 0.5) is 10.5 Å². The molecule has 2 aromatic carbocycles. The average molecular weight is 347 g/mol. The Hall–Kier alpha value is -2.24. The molecule has 1 atom stereocenters. The maximum absolute atomic E-state index is 11.9. The molecule has 1 heterocycles. The molecule has 1 amide bonds. The van der Waals surface area contributed by atoms with Crippen molar-refractivity contribution in [1.29, 1.82) is 0 Å². The number of likely N-dealkylation sites (N-methyl/N-ethyl adjacent to an activating group) is 1. The highest BCUT2D eigenvalue weighted by Gasteiger charge is 2.31. The van der Waals surface area contributed by atoms with E-state index in [1.165, 1.54) is 0 Å². The van der Waals surface area contributed by atoms with Crippen LogP contribution in [0.25, 0.3) is 0 Å². The van der Waals surface area contributed by atoms with Crippen LogP contribution in [0.2, 0.25) is 5.02 Å². The van der Waals surface area contributed by atoms with E-state index in [9.17, 15) is 4.79 Å². The Labute approximate surface area is 146 Å². The van der Waals surface area contributed by atoms with Crippen molar-refractivity contribution in [1.82, 2.24) is 5.32 Å². The average Bonchev–Trinajstić information content (AvgIpc) is 2.94. The molecule has 1 fully saturated rings. The Bertz CT molecular complexity index is 706. The maximum Gasteiger partial charge on any atom is 0.414 e. The van der Waals surface area contributed by atoms with Crippen molar-refractivity contribution >= 4 is 23.4 Å². The maximum atomic E-state index is 11.9. The summed E-state index contributed by atoms with van der Waals surface area (Å²) in [5.74, 6) is 0.734. The van der Waals surface area contributed by atoms with Gasteiger partial charge in [0.15, 0.2) is 0 Å². The number of anilines is 1. The summed E-state index contributed by atoms with van der Waals surface area (Å²) in [5, 5.41) is 3.70. The summed E-state index contributed by atoms with van der Waals surface area (Å²) in [6, 6.07) is 15.0. The Morgan fingerprint density at radius 1 is 1.29 bits per heavy atom. The van der Waals surface area contributed by atoms with Gasteiger partial charge in [-0.25, -0.2) is 4.79 Å². The molecule has 0 saturated carbocycles. The van der Waals surface area contributed by atoms with E-state index >= 15 is 0 Å². The Kier molecular flexibility index (Phi) is 5.23. The van der Waals surface area contributed by atoms with Crippen molar-refractivity contribution < 1.29 is 14.3 Å². The van der Waals surface area contributed by atoms with E-state index in [2.05, 4.69) is 5.32 Å². The van der Waals surface area contributed by atoms with Crippen molar-refractivity contribution in [3.05, 3.63) is 59.1 Å². The van der Waals surface area contributed by atoms with Gasteiger partial charge in [-0.2, -0.15) is 0 Å². The molecule has 1 N–H and O–H groups in total. The predicted octanol–water partition coefficient (Wildman–Crippen LogP) is 3.46. The van der Waals surface area contributed by atoms with Crippen molar-refractivity contribution in [2.24, 2.45) is 0 Å². The van der Waals surface area contributed by atoms with Crippen LogP contribution in [-0.4, -0.2) is 32.3 Å². The smallest absolute Gasteiger partial charge is 0.414 e. The van der Waals surface area contributed by atoms with Gasteiger partial charge >= 0.3 is 6.09 Å². The predicted molar refractivity (Wildman–Crippen MR) is 93.8 cm³/mol. The van der Waals surface area contributed by atoms with Gasteiger partial charge in [-0.05, 0) is 49.0 Å². The number of hydrogen-bond acceptors (Lipinski definition) is 4. The third kappa shape index (κ3) is 3.99. The standard InChI is InChI=1S/C18H19ClN2O3/c1-20-10-17-11-21(18(22)24-17)15-5-7-16(8-6-15)23-12-13-3-2-4-14(19)9-13/h2-9,17,20H,10-12H2,1H3. The van der Waals surface area contributed by atoms with E-state index in [1.54, 1.807) is 4.90 Å². The molecule has 5 nitrogen and oxygen atoms in total. The molecule has 0 spiro atoms. The van der Waals surface area contributed by atoms with Gasteiger partial charge in [0.2, 0.25) is 0 Å². The van der Waals surface area contributed by atoms with E-state index in [1.807, 2.05) is 55.6 Å². The number of benzene rings is 2. The lowest BCUT2D eigenvalue weighted by Crippen LogP contribution is -2.28. The SMILES string of the molecule is CNCC1CN(c2ccc(OCc3cccc(Cl)c3)cc2)C(=O)O1. The van der Waals surface area contributed by atoms with Gasteiger partial charge in [0.05, 0.1) is 6.54 Å². The molecule has 0 aromatic heterocycles. The van der Waals surface area contributed by atoms with Gasteiger partial charge in [-0.3, -0.25) is 4.90 Å². The quantitative estimate of drug-likeness (QED) is 0.870. The van der Waals surface area contributed by atoms with Gasteiger partial charge in [0.1, 0.15) is 18.5 Å². The van der Waals surface area contributed by atoms with Crippen LogP contribution in [0.15, 0.2) is 48.5 Å². The van der Waals surface area contributed by atoms with Crippen molar-refractivity contribution in [3.63, 3.8) is 0 Å². The summed E-state index contributed by atoms with van der Waals surface area (Å²) in [6.07, 6.45) is -0.441. The van der Waals surface area contributed by atoms with Gasteiger partial charge in [-0.1, -0.05) is 23.7 Å². The molecular formula is C18H19ClN2O3. The zero-order chi connectivity index (χ0) is 16.9. The number of cyclic esters (lactones) is 1. The number of halogens is 1. The minimum atomic E-state index is -0.317. The number of carbonyl (C=O) groups excluding carboxylic acids is 1. The molecule has 24 heavy (non-hydrogen) atoms. The largest absolute Gasteiger partial charge is 0.489 e. The molecule has 2 aromatic rings. The fraction of sp³-hybridized carbons (Fsp3) is 0.278. The number of ether oxygens (including phenoxy) is 2. The fourth-order valence-electron chi connectivity index (χ4n) is 2.58. The first-order valence-corrected chi connectivity index (χ1v) is 8.13. The highest BCUT2D eigenvalue weighted by atomic mass is 35.5. The molecule has 0 bridgehead atoms. The molecule has 1 saturated heterocycles. The second-order valence-corrected chi connectivity index (χ2v) is 6.02. The Morgan fingerprint density at radius 3 is 2.79 bits per heavy atom. The minimum absolute atomic E-state index is 0.124. The van der Waals surface area contributed by atoms with Gasteiger partial charge in [0, 0.05) is 17.3 Å². The van der Waals surface area contributed by atoms with Crippen LogP contribution < -0.4 is 15.0 Å². The minimum Gasteiger partial charge on any atom is -0.489 e. The molecule has 0 radical (unpaired) electrons. The highest BCUT2D eigenvalue weighted by molar-refractivity contribution is 6.30. The molecule has 6 heteroatoms. The fourth-order valence-corrected chi connectivity index (χ4v) is 2.79. The third-order valence-corrected chi connectivity index (χ3v) is 3.98. The molecule has 0 aliphatic carbocycles. The van der Waals surface area contributed by atoms with E-state index in [4.69, 9.17) is 21.1 Å². The van der Waals surface area contributed by atoms with Crippen molar-refractivity contribution in [2.45, 2.75) is 12.7 Å². The summed E-state index contributed by atoms with van der Waals surface area (Å²) in [6.45, 7) is 1.63. The zero-order valence-electron chi connectivity index (χ0n) is 13.4. The first-order chi connectivity index (χ1) is 11.7. The van der Waals surface area contributed by atoms with E-state index in [0.717, 1.165) is 17.0 Å². The van der Waals surface area contributed by atoms with Gasteiger partial charge in [-0.15, -0.1) is 0 Å². The first kappa shape index (κ1) is 16.6. The van der Waals surface area contributed by atoms with Crippen molar-refractivity contribution in [3.8, 4) is 5.75 Å². The van der Waals surface area contributed by atoms with Crippen LogP contribution in [0.5, 0.6) is 5.75 Å². The number of nitrogens with zero attached hydrogens (tertiary/aromatic N) is 1. The summed E-state index contributed by atoms with van der Waals surface area (Å²) in [5.41, 5.74) is 1.80. The second kappa shape index (κ2) is 7.55. The van der Waals surface area contributed by atoms with Crippen LogP contribution in [0, 0.1) is 0 Å². The van der Waals surface area contributed by atoms with E-state index < -0.39 is 0 Å². The summed E-state index contributed by atoms with van der Waals surface area (Å²) in [4.78, 5) is 13.5. The summed E-state index contributed by atoms with van der Waals surface area (Å²) in [7, 11) is 1.84. The monoisotopic (exact) mass is 346 g/mol. The molecule has 3 rings (SSSR count). The molecular weight excluding hydrogens is 328 g/mol. The van der Waals surface area contributed by atoms with Gasteiger partial charge in [0.25, 0.3) is 0 Å². The van der Waals surface area contributed by atoms with Gasteiger partial charge < -0.3 is 14.8 Å². The highest BCUT2D eigenvalue weighted by Crippen LogP contribution is 2.24. The summed E-state index contributed by atoms with van der Waals surface area (Å²) >= 11 is 5.96. The topological polar surface area (TPSA) is 50.8 Å². The zero-order valence-corrected chi connectivity index (χ0v) is 14.1. The molecule has 1 aliphatic heterocycles. The lowest BCUT2D eigenvalue weighted by Gasteiger charge is -2.14. The summed E-state index contributed by atoms with van der Waals surface area (Å²) < 4.78 is 11.0. The normalized spacial score (nSPS) is 17.0. The van der Waals surface area contributed by atoms with Crippen LogP contribution in [0.3, 0.4) is 0 Å².